The molecule has 2 N–H and O–H groups in total. The fourth-order valence-corrected chi connectivity index (χ4v) is 2.30. The standard InChI is InChI=1S/C16H32N2O3/c1-7-21-14(19)11-18(10-12(2)3)15(20)13(9-17)8-16(4,5)6/h12-13H,7-11,17H2,1-6H3. The van der Waals surface area contributed by atoms with Crippen molar-refractivity contribution in [1.82, 2.24) is 4.90 Å². The average molecular weight is 300 g/mol. The summed E-state index contributed by atoms with van der Waals surface area (Å²) in [4.78, 5) is 25.9. The van der Waals surface area contributed by atoms with Crippen molar-refractivity contribution in [3.63, 3.8) is 0 Å². The Hall–Kier alpha value is -1.10. The maximum Gasteiger partial charge on any atom is 0.325 e. The van der Waals surface area contributed by atoms with Crippen LogP contribution in [0.4, 0.5) is 0 Å². The number of amides is 1. The topological polar surface area (TPSA) is 72.6 Å². The molecule has 1 unspecified atom stereocenters. The number of ether oxygens (including phenoxy) is 1. The molecule has 0 spiro atoms. The van der Waals surface area contributed by atoms with Crippen molar-refractivity contribution in [2.45, 2.75) is 48.0 Å². The lowest BCUT2D eigenvalue weighted by Crippen LogP contribution is -2.45. The zero-order chi connectivity index (χ0) is 16.6. The monoisotopic (exact) mass is 300 g/mol. The van der Waals surface area contributed by atoms with E-state index in [1.54, 1.807) is 11.8 Å². The second-order valence-corrected chi connectivity index (χ2v) is 7.12. The number of carbonyl (C=O) groups is 2. The fraction of sp³-hybridized carbons (Fsp3) is 0.875. The van der Waals surface area contributed by atoms with Gasteiger partial charge in [-0.3, -0.25) is 9.59 Å². The van der Waals surface area contributed by atoms with Gasteiger partial charge in [0.15, 0.2) is 0 Å². The molecule has 0 aliphatic rings. The zero-order valence-corrected chi connectivity index (χ0v) is 14.4. The molecule has 0 saturated carbocycles. The minimum absolute atomic E-state index is 0.00545. The number of nitrogens with zero attached hydrogens (tertiary/aromatic N) is 1. The molecule has 0 rings (SSSR count). The van der Waals surface area contributed by atoms with Crippen LogP contribution >= 0.6 is 0 Å². The Morgan fingerprint density at radius 3 is 2.19 bits per heavy atom. The van der Waals surface area contributed by atoms with Crippen molar-refractivity contribution in [2.75, 3.05) is 26.2 Å². The number of esters is 1. The lowest BCUT2D eigenvalue weighted by atomic mass is 9.84. The summed E-state index contributed by atoms with van der Waals surface area (Å²) in [5.41, 5.74) is 5.80. The van der Waals surface area contributed by atoms with Crippen LogP contribution in [0.5, 0.6) is 0 Å². The molecule has 0 aromatic heterocycles. The van der Waals surface area contributed by atoms with E-state index in [-0.39, 0.29) is 35.7 Å². The highest BCUT2D eigenvalue weighted by Crippen LogP contribution is 2.25. The third-order valence-corrected chi connectivity index (χ3v) is 3.02. The summed E-state index contributed by atoms with van der Waals surface area (Å²) in [5.74, 6) is -0.373. The van der Waals surface area contributed by atoms with E-state index in [1.165, 1.54) is 0 Å². The number of nitrogens with two attached hydrogens (primary N) is 1. The van der Waals surface area contributed by atoms with E-state index in [9.17, 15) is 9.59 Å². The first-order chi connectivity index (χ1) is 9.60. The maximum absolute atomic E-state index is 12.7. The highest BCUT2D eigenvalue weighted by atomic mass is 16.5. The van der Waals surface area contributed by atoms with E-state index in [1.807, 2.05) is 13.8 Å². The second-order valence-electron chi connectivity index (χ2n) is 7.12. The summed E-state index contributed by atoms with van der Waals surface area (Å²) >= 11 is 0. The van der Waals surface area contributed by atoms with Crippen LogP contribution in [0.25, 0.3) is 0 Å². The predicted molar refractivity (Wildman–Crippen MR) is 84.7 cm³/mol. The molecule has 0 aliphatic heterocycles. The van der Waals surface area contributed by atoms with Crippen LogP contribution in [-0.2, 0) is 14.3 Å². The molecule has 0 saturated heterocycles. The van der Waals surface area contributed by atoms with Crippen molar-refractivity contribution in [1.29, 1.82) is 0 Å². The van der Waals surface area contributed by atoms with Crippen molar-refractivity contribution in [2.24, 2.45) is 23.0 Å². The maximum atomic E-state index is 12.7. The second kappa shape index (κ2) is 9.03. The summed E-state index contributed by atoms with van der Waals surface area (Å²) < 4.78 is 4.95. The first-order valence-corrected chi connectivity index (χ1v) is 7.75. The van der Waals surface area contributed by atoms with Gasteiger partial charge in [-0.1, -0.05) is 34.6 Å². The van der Waals surface area contributed by atoms with Crippen LogP contribution in [-0.4, -0.2) is 43.0 Å². The van der Waals surface area contributed by atoms with E-state index in [2.05, 4.69) is 20.8 Å². The van der Waals surface area contributed by atoms with E-state index in [0.29, 0.717) is 26.1 Å². The molecule has 0 heterocycles. The van der Waals surface area contributed by atoms with Gasteiger partial charge in [-0.15, -0.1) is 0 Å². The summed E-state index contributed by atoms with van der Waals surface area (Å²) in [6.45, 7) is 13.2. The van der Waals surface area contributed by atoms with Crippen LogP contribution in [0.3, 0.4) is 0 Å². The van der Waals surface area contributed by atoms with Gasteiger partial charge in [-0.2, -0.15) is 0 Å². The van der Waals surface area contributed by atoms with E-state index in [4.69, 9.17) is 10.5 Å². The normalized spacial score (nSPS) is 13.1. The van der Waals surface area contributed by atoms with Gasteiger partial charge < -0.3 is 15.4 Å². The Morgan fingerprint density at radius 1 is 1.24 bits per heavy atom. The van der Waals surface area contributed by atoms with Crippen molar-refractivity contribution in [3.05, 3.63) is 0 Å². The number of rotatable bonds is 8. The summed E-state index contributed by atoms with van der Waals surface area (Å²) in [6.07, 6.45) is 0.708. The molecule has 5 nitrogen and oxygen atoms in total. The van der Waals surface area contributed by atoms with Gasteiger partial charge in [0.05, 0.1) is 12.5 Å². The smallest absolute Gasteiger partial charge is 0.325 e. The minimum Gasteiger partial charge on any atom is -0.465 e. The van der Waals surface area contributed by atoms with Gasteiger partial charge >= 0.3 is 5.97 Å². The highest BCUT2D eigenvalue weighted by Gasteiger charge is 2.29. The quantitative estimate of drug-likeness (QED) is 0.696. The number of carbonyl (C=O) groups excluding carboxylic acids is 2. The van der Waals surface area contributed by atoms with Gasteiger partial charge in [0.25, 0.3) is 0 Å². The Bertz CT molecular complexity index is 335. The minimum atomic E-state index is -0.363. The van der Waals surface area contributed by atoms with Crippen molar-refractivity contribution >= 4 is 11.9 Å². The largest absolute Gasteiger partial charge is 0.465 e. The predicted octanol–water partition coefficient (Wildman–Crippen LogP) is 2.05. The molecular formula is C16H32N2O3. The molecular weight excluding hydrogens is 268 g/mol. The Balaban J connectivity index is 4.93. The number of hydrogen-bond acceptors (Lipinski definition) is 4. The van der Waals surface area contributed by atoms with Gasteiger partial charge in [0, 0.05) is 13.1 Å². The van der Waals surface area contributed by atoms with E-state index >= 15 is 0 Å². The molecule has 0 fully saturated rings. The van der Waals surface area contributed by atoms with Crippen molar-refractivity contribution < 1.29 is 14.3 Å². The van der Waals surface area contributed by atoms with Crippen molar-refractivity contribution in [3.8, 4) is 0 Å². The van der Waals surface area contributed by atoms with Gasteiger partial charge in [-0.25, -0.2) is 0 Å². The molecule has 1 amide bonds. The van der Waals surface area contributed by atoms with E-state index < -0.39 is 0 Å². The van der Waals surface area contributed by atoms with Gasteiger partial charge in [-0.05, 0) is 24.7 Å². The summed E-state index contributed by atoms with van der Waals surface area (Å²) in [6, 6.07) is 0. The molecule has 0 aliphatic carbocycles. The Kier molecular flexibility index (Phi) is 8.55. The molecule has 1 atom stereocenters. The summed E-state index contributed by atoms with van der Waals surface area (Å²) in [7, 11) is 0. The molecule has 5 heteroatoms. The molecule has 0 bridgehead atoms. The summed E-state index contributed by atoms with van der Waals surface area (Å²) in [5, 5.41) is 0. The van der Waals surface area contributed by atoms with Crippen LogP contribution in [0, 0.1) is 17.3 Å². The van der Waals surface area contributed by atoms with E-state index in [0.717, 1.165) is 0 Å². The van der Waals surface area contributed by atoms with Crippen LogP contribution in [0.15, 0.2) is 0 Å². The molecule has 0 radical (unpaired) electrons. The fourth-order valence-electron chi connectivity index (χ4n) is 2.30. The van der Waals surface area contributed by atoms with Crippen LogP contribution < -0.4 is 5.73 Å². The molecule has 124 valence electrons. The van der Waals surface area contributed by atoms with Crippen LogP contribution in [0.1, 0.15) is 48.0 Å². The number of hydrogen-bond donors (Lipinski definition) is 1. The Morgan fingerprint density at radius 2 is 1.81 bits per heavy atom. The lowest BCUT2D eigenvalue weighted by Gasteiger charge is -2.30. The lowest BCUT2D eigenvalue weighted by molar-refractivity contribution is -0.150. The third kappa shape index (κ3) is 8.71. The highest BCUT2D eigenvalue weighted by molar-refractivity contribution is 5.84. The first-order valence-electron chi connectivity index (χ1n) is 7.75. The van der Waals surface area contributed by atoms with Gasteiger partial charge in [0.2, 0.25) is 5.91 Å². The molecule has 0 aromatic carbocycles. The average Bonchev–Trinajstić information content (AvgIpc) is 2.33. The van der Waals surface area contributed by atoms with Crippen LogP contribution in [0.2, 0.25) is 0 Å². The Labute approximate surface area is 129 Å². The zero-order valence-electron chi connectivity index (χ0n) is 14.4. The van der Waals surface area contributed by atoms with Gasteiger partial charge in [0.1, 0.15) is 6.54 Å². The molecule has 21 heavy (non-hydrogen) atoms. The third-order valence-electron chi connectivity index (χ3n) is 3.02. The molecule has 0 aromatic rings. The first kappa shape index (κ1) is 19.9. The SMILES string of the molecule is CCOC(=O)CN(CC(C)C)C(=O)C(CN)CC(C)(C)C.